The van der Waals surface area contributed by atoms with Gasteiger partial charge in [0.1, 0.15) is 12.4 Å². The Hall–Kier alpha value is -1.31. The van der Waals surface area contributed by atoms with E-state index in [2.05, 4.69) is 0 Å². The van der Waals surface area contributed by atoms with E-state index in [1.165, 1.54) is 18.2 Å². The maximum absolute atomic E-state index is 11.8. The van der Waals surface area contributed by atoms with E-state index in [4.69, 9.17) is 24.9 Å². The van der Waals surface area contributed by atoms with E-state index in [0.29, 0.717) is 24.5 Å². The number of carbonyl (C=O) groups excluding carboxylic acids is 1. The van der Waals surface area contributed by atoms with Crippen LogP contribution in [0, 0.1) is 0 Å². The normalized spacial score (nSPS) is 17.1. The lowest BCUT2D eigenvalue weighted by Crippen LogP contribution is -2.28. The summed E-state index contributed by atoms with van der Waals surface area (Å²) >= 11 is 0. The first-order chi connectivity index (χ1) is 9.91. The molecule has 1 aromatic carbocycles. The molecule has 0 saturated carbocycles. The molecule has 1 aromatic rings. The Kier molecular flexibility index (Phi) is 5.08. The number of hydrogen-bond donors (Lipinski definition) is 0. The van der Waals surface area contributed by atoms with Crippen molar-refractivity contribution in [3.05, 3.63) is 23.8 Å². The molecule has 8 heteroatoms. The number of fused-ring (bicyclic) bond motifs is 1. The van der Waals surface area contributed by atoms with Crippen LogP contribution in [0.25, 0.3) is 0 Å². The topological polar surface area (TPSA) is 78.9 Å². The fourth-order valence-electron chi connectivity index (χ4n) is 1.95. The maximum atomic E-state index is 11.8. The summed E-state index contributed by atoms with van der Waals surface area (Å²) in [5, 5.41) is 0. The summed E-state index contributed by atoms with van der Waals surface area (Å²) in [5.41, 5.74) is 0.614. The van der Waals surface area contributed by atoms with Crippen LogP contribution in [0.1, 0.15) is 12.5 Å². The molecule has 116 valence electrons. The van der Waals surface area contributed by atoms with Crippen molar-refractivity contribution in [2.24, 2.45) is 0 Å². The monoisotopic (exact) mass is 334 g/mol. The average molecular weight is 335 g/mol. The van der Waals surface area contributed by atoms with Gasteiger partial charge in [0.2, 0.25) is 0 Å². The zero-order chi connectivity index (χ0) is 15.5. The van der Waals surface area contributed by atoms with Crippen LogP contribution >= 0.6 is 10.7 Å². The van der Waals surface area contributed by atoms with Crippen LogP contribution in [0.15, 0.2) is 23.1 Å². The largest absolute Gasteiger partial charge is 0.478 e. The second-order valence-electron chi connectivity index (χ2n) is 4.38. The first-order valence-electron chi connectivity index (χ1n) is 6.40. The van der Waals surface area contributed by atoms with Crippen molar-refractivity contribution >= 4 is 25.7 Å². The maximum Gasteiger partial charge on any atom is 0.347 e. The Labute approximate surface area is 127 Å². The molecule has 1 atom stereocenters. The molecular formula is C13H15ClO6S. The van der Waals surface area contributed by atoms with Crippen LogP contribution in [-0.4, -0.2) is 40.3 Å². The van der Waals surface area contributed by atoms with Crippen LogP contribution in [0.4, 0.5) is 0 Å². The molecule has 0 spiro atoms. The minimum Gasteiger partial charge on any atom is -0.478 e. The fourth-order valence-corrected chi connectivity index (χ4v) is 2.75. The molecule has 0 fully saturated rings. The minimum absolute atomic E-state index is 0.0168. The third-order valence-electron chi connectivity index (χ3n) is 2.93. The van der Waals surface area contributed by atoms with Crippen molar-refractivity contribution in [2.45, 2.75) is 24.3 Å². The number of ether oxygens (including phenoxy) is 3. The van der Waals surface area contributed by atoms with Gasteiger partial charge in [-0.1, -0.05) is 0 Å². The van der Waals surface area contributed by atoms with Gasteiger partial charge in [-0.25, -0.2) is 13.2 Å². The third kappa shape index (κ3) is 4.09. The van der Waals surface area contributed by atoms with E-state index in [0.717, 1.165) is 0 Å². The first-order valence-corrected chi connectivity index (χ1v) is 8.71. The lowest BCUT2D eigenvalue weighted by molar-refractivity contribution is -0.152. The van der Waals surface area contributed by atoms with Crippen LogP contribution in [-0.2, 0) is 29.7 Å². The molecule has 1 heterocycles. The predicted octanol–water partition coefficient (Wildman–Crippen LogP) is 1.50. The molecule has 0 N–H and O–H groups in total. The third-order valence-corrected chi connectivity index (χ3v) is 4.28. The summed E-state index contributed by atoms with van der Waals surface area (Å²) in [6.45, 7) is 2.89. The molecule has 0 amide bonds. The minimum atomic E-state index is -3.80. The first kappa shape index (κ1) is 16.1. The van der Waals surface area contributed by atoms with Crippen LogP contribution < -0.4 is 4.74 Å². The zero-order valence-corrected chi connectivity index (χ0v) is 12.9. The average Bonchev–Trinajstić information content (AvgIpc) is 2.85. The second-order valence-corrected chi connectivity index (χ2v) is 6.95. The standard InChI is InChI=1S/C13H15ClO6S/c1-2-18-5-6-19-13(15)12-8-9-7-10(21(14,16)17)3-4-11(9)20-12/h3-4,7,12H,2,5-6,8H2,1H3. The van der Waals surface area contributed by atoms with Crippen LogP contribution in [0.3, 0.4) is 0 Å². The smallest absolute Gasteiger partial charge is 0.347 e. The Bertz CT molecular complexity index is 628. The highest BCUT2D eigenvalue weighted by Crippen LogP contribution is 2.32. The van der Waals surface area contributed by atoms with Crippen molar-refractivity contribution in [2.75, 3.05) is 19.8 Å². The summed E-state index contributed by atoms with van der Waals surface area (Å²) in [5.74, 6) is -0.0352. The second kappa shape index (κ2) is 6.64. The van der Waals surface area contributed by atoms with Crippen molar-refractivity contribution in [1.82, 2.24) is 0 Å². The summed E-state index contributed by atoms with van der Waals surface area (Å²) < 4.78 is 38.1. The molecule has 1 aliphatic heterocycles. The van der Waals surface area contributed by atoms with Crippen molar-refractivity contribution < 1.29 is 27.4 Å². The van der Waals surface area contributed by atoms with E-state index in [9.17, 15) is 13.2 Å². The number of hydrogen-bond acceptors (Lipinski definition) is 6. The quantitative estimate of drug-likeness (QED) is 0.445. The molecular weight excluding hydrogens is 320 g/mol. The Morgan fingerprint density at radius 3 is 2.86 bits per heavy atom. The molecule has 0 aromatic heterocycles. The molecule has 0 saturated heterocycles. The highest BCUT2D eigenvalue weighted by atomic mass is 35.7. The van der Waals surface area contributed by atoms with Gasteiger partial charge in [-0.15, -0.1) is 0 Å². The molecule has 0 aliphatic carbocycles. The molecule has 1 aliphatic rings. The number of rotatable bonds is 6. The molecule has 6 nitrogen and oxygen atoms in total. The van der Waals surface area contributed by atoms with E-state index in [1.54, 1.807) is 0 Å². The predicted molar refractivity (Wildman–Crippen MR) is 75.1 cm³/mol. The lowest BCUT2D eigenvalue weighted by atomic mass is 10.1. The highest BCUT2D eigenvalue weighted by molar-refractivity contribution is 8.13. The Morgan fingerprint density at radius 2 is 2.19 bits per heavy atom. The van der Waals surface area contributed by atoms with Gasteiger partial charge in [-0.05, 0) is 30.7 Å². The van der Waals surface area contributed by atoms with Crippen molar-refractivity contribution in [3.63, 3.8) is 0 Å². The van der Waals surface area contributed by atoms with E-state index >= 15 is 0 Å². The van der Waals surface area contributed by atoms with E-state index < -0.39 is 21.1 Å². The number of halogens is 1. The van der Waals surface area contributed by atoms with Crippen LogP contribution in [0.2, 0.25) is 0 Å². The highest BCUT2D eigenvalue weighted by Gasteiger charge is 2.31. The zero-order valence-electron chi connectivity index (χ0n) is 11.4. The van der Waals surface area contributed by atoms with Gasteiger partial charge < -0.3 is 14.2 Å². The summed E-state index contributed by atoms with van der Waals surface area (Å²) in [6, 6.07) is 4.23. The summed E-state index contributed by atoms with van der Waals surface area (Å²) in [6.07, 6.45) is -0.516. The van der Waals surface area contributed by atoms with E-state index in [-0.39, 0.29) is 17.9 Å². The van der Waals surface area contributed by atoms with Gasteiger partial charge >= 0.3 is 5.97 Å². The van der Waals surface area contributed by atoms with Crippen molar-refractivity contribution in [1.29, 1.82) is 0 Å². The lowest BCUT2D eigenvalue weighted by Gasteiger charge is -2.10. The Morgan fingerprint density at radius 1 is 1.43 bits per heavy atom. The van der Waals surface area contributed by atoms with Gasteiger partial charge in [0.15, 0.2) is 6.10 Å². The van der Waals surface area contributed by atoms with Gasteiger partial charge in [-0.2, -0.15) is 0 Å². The number of esters is 1. The molecule has 0 bridgehead atoms. The molecule has 21 heavy (non-hydrogen) atoms. The number of carbonyl (C=O) groups is 1. The van der Waals surface area contributed by atoms with E-state index in [1.807, 2.05) is 6.92 Å². The summed E-state index contributed by atoms with van der Waals surface area (Å²) in [7, 11) is 1.48. The van der Waals surface area contributed by atoms with Crippen molar-refractivity contribution in [3.8, 4) is 5.75 Å². The van der Waals surface area contributed by atoms with Gasteiger partial charge in [0.25, 0.3) is 9.05 Å². The fraction of sp³-hybridized carbons (Fsp3) is 0.462. The summed E-state index contributed by atoms with van der Waals surface area (Å²) in [4.78, 5) is 11.8. The van der Waals surface area contributed by atoms with Crippen LogP contribution in [0.5, 0.6) is 5.75 Å². The SMILES string of the molecule is CCOCCOC(=O)C1Cc2cc(S(=O)(=O)Cl)ccc2O1. The molecule has 0 radical (unpaired) electrons. The van der Waals surface area contributed by atoms with Gasteiger partial charge in [-0.3, -0.25) is 0 Å². The Balaban J connectivity index is 1.98. The molecule has 1 unspecified atom stereocenters. The van der Waals surface area contributed by atoms with Gasteiger partial charge in [0.05, 0.1) is 11.5 Å². The number of benzene rings is 1. The van der Waals surface area contributed by atoms with Gasteiger partial charge in [0, 0.05) is 23.7 Å². The molecule has 2 rings (SSSR count).